The number of aliphatic hydroxyl groups excluding tert-OH is 1. The summed E-state index contributed by atoms with van der Waals surface area (Å²) in [5, 5.41) is 8.68. The third-order valence-electron chi connectivity index (χ3n) is 2.95. The first-order chi connectivity index (χ1) is 9.01. The number of carbonyl (C=O) groups is 1. The lowest BCUT2D eigenvalue weighted by molar-refractivity contribution is 0.0481. The largest absolute Gasteiger partial charge is 0.496 e. The van der Waals surface area contributed by atoms with Gasteiger partial charge in [-0.2, -0.15) is 0 Å². The molecule has 0 aromatic heterocycles. The molecule has 0 aliphatic carbocycles. The smallest absolute Gasteiger partial charge is 0.338 e. The molecular formula is C15H22O4. The van der Waals surface area contributed by atoms with Gasteiger partial charge in [0.25, 0.3) is 0 Å². The Balaban J connectivity index is 3.00. The Morgan fingerprint density at radius 2 is 2.05 bits per heavy atom. The molecule has 1 N–H and O–H groups in total. The number of ether oxygens (including phenoxy) is 2. The fourth-order valence-electron chi connectivity index (χ4n) is 1.85. The number of hydrogen-bond acceptors (Lipinski definition) is 4. The number of esters is 1. The van der Waals surface area contributed by atoms with E-state index in [1.165, 1.54) is 0 Å². The molecule has 1 rings (SSSR count). The van der Waals surface area contributed by atoms with Gasteiger partial charge in [-0.3, -0.25) is 0 Å². The number of carbonyl (C=O) groups excluding carboxylic acids is 1. The zero-order chi connectivity index (χ0) is 14.4. The number of hydrogen-bond donors (Lipinski definition) is 1. The first kappa shape index (κ1) is 15.5. The summed E-state index contributed by atoms with van der Waals surface area (Å²) in [6.45, 7) is 6.21. The van der Waals surface area contributed by atoms with Crippen LogP contribution in [0.25, 0.3) is 0 Å². The SMILES string of the molecule is COc1cc(C)c(C(=O)OCCCO)cc1C(C)C. The number of benzene rings is 1. The molecule has 0 heterocycles. The Bertz CT molecular complexity index is 438. The lowest BCUT2D eigenvalue weighted by atomic mass is 9.96. The highest BCUT2D eigenvalue weighted by Crippen LogP contribution is 2.29. The van der Waals surface area contributed by atoms with Gasteiger partial charge in [-0.25, -0.2) is 4.79 Å². The van der Waals surface area contributed by atoms with E-state index >= 15 is 0 Å². The Kier molecular flexibility index (Phi) is 5.83. The van der Waals surface area contributed by atoms with Gasteiger partial charge >= 0.3 is 5.97 Å². The maximum atomic E-state index is 12.0. The van der Waals surface area contributed by atoms with Crippen LogP contribution >= 0.6 is 0 Å². The highest BCUT2D eigenvalue weighted by Gasteiger charge is 2.16. The van der Waals surface area contributed by atoms with Gasteiger partial charge in [0.05, 0.1) is 19.3 Å². The molecule has 0 radical (unpaired) electrons. The van der Waals surface area contributed by atoms with Crippen molar-refractivity contribution in [2.75, 3.05) is 20.3 Å². The van der Waals surface area contributed by atoms with E-state index in [0.717, 1.165) is 16.9 Å². The van der Waals surface area contributed by atoms with Crippen LogP contribution < -0.4 is 4.74 Å². The number of aryl methyl sites for hydroxylation is 1. The van der Waals surface area contributed by atoms with Crippen LogP contribution in [0.15, 0.2) is 12.1 Å². The Morgan fingerprint density at radius 1 is 1.37 bits per heavy atom. The molecule has 1 aromatic rings. The highest BCUT2D eigenvalue weighted by molar-refractivity contribution is 5.91. The number of rotatable bonds is 6. The van der Waals surface area contributed by atoms with E-state index in [2.05, 4.69) is 0 Å². The molecule has 0 aliphatic rings. The summed E-state index contributed by atoms with van der Waals surface area (Å²) in [5.41, 5.74) is 2.37. The fraction of sp³-hybridized carbons (Fsp3) is 0.533. The third-order valence-corrected chi connectivity index (χ3v) is 2.95. The van der Waals surface area contributed by atoms with Crippen molar-refractivity contribution in [3.8, 4) is 5.75 Å². The van der Waals surface area contributed by atoms with Crippen LogP contribution in [0.2, 0.25) is 0 Å². The van der Waals surface area contributed by atoms with Crippen LogP contribution in [0.1, 0.15) is 47.7 Å². The molecule has 0 fully saturated rings. The molecule has 4 heteroatoms. The van der Waals surface area contributed by atoms with Gasteiger partial charge < -0.3 is 14.6 Å². The van der Waals surface area contributed by atoms with E-state index in [4.69, 9.17) is 14.6 Å². The van der Waals surface area contributed by atoms with Gasteiger partial charge in [-0.1, -0.05) is 13.8 Å². The van der Waals surface area contributed by atoms with Crippen LogP contribution in [-0.4, -0.2) is 31.4 Å². The quantitative estimate of drug-likeness (QED) is 0.635. The summed E-state index contributed by atoms with van der Waals surface area (Å²) >= 11 is 0. The molecule has 0 unspecified atom stereocenters. The standard InChI is InChI=1S/C15H22O4/c1-10(2)12-9-13(11(3)8-14(12)18-4)15(17)19-7-5-6-16/h8-10,16H,5-7H2,1-4H3. The minimum atomic E-state index is -0.351. The average Bonchev–Trinajstić information content (AvgIpc) is 2.37. The lowest BCUT2D eigenvalue weighted by Gasteiger charge is -2.15. The summed E-state index contributed by atoms with van der Waals surface area (Å²) in [5.74, 6) is 0.703. The monoisotopic (exact) mass is 266 g/mol. The molecule has 4 nitrogen and oxygen atoms in total. The third kappa shape index (κ3) is 3.96. The second-order valence-corrected chi connectivity index (χ2v) is 4.78. The number of aliphatic hydroxyl groups is 1. The van der Waals surface area contributed by atoms with Crippen LogP contribution in [0.5, 0.6) is 5.75 Å². The van der Waals surface area contributed by atoms with E-state index < -0.39 is 0 Å². The van der Waals surface area contributed by atoms with Crippen molar-refractivity contribution >= 4 is 5.97 Å². The van der Waals surface area contributed by atoms with Gasteiger partial charge in [-0.15, -0.1) is 0 Å². The molecule has 0 spiro atoms. The maximum absolute atomic E-state index is 12.0. The van der Waals surface area contributed by atoms with Gasteiger partial charge in [0.15, 0.2) is 0 Å². The molecule has 0 atom stereocenters. The van der Waals surface area contributed by atoms with Gasteiger partial charge in [0.2, 0.25) is 0 Å². The first-order valence-electron chi connectivity index (χ1n) is 6.47. The summed E-state index contributed by atoms with van der Waals surface area (Å²) in [6, 6.07) is 3.69. The molecule has 0 amide bonds. The van der Waals surface area contributed by atoms with Crippen LogP contribution in [0, 0.1) is 6.92 Å². The van der Waals surface area contributed by atoms with Crippen LogP contribution in [0.4, 0.5) is 0 Å². The van der Waals surface area contributed by atoms with Gasteiger partial charge in [0, 0.05) is 13.0 Å². The Morgan fingerprint density at radius 3 is 2.58 bits per heavy atom. The lowest BCUT2D eigenvalue weighted by Crippen LogP contribution is -2.10. The molecule has 0 saturated carbocycles. The van der Waals surface area contributed by atoms with Crippen molar-refractivity contribution in [3.63, 3.8) is 0 Å². The molecule has 0 bridgehead atoms. The van der Waals surface area contributed by atoms with Crippen LogP contribution in [0.3, 0.4) is 0 Å². The number of methoxy groups -OCH3 is 1. The zero-order valence-electron chi connectivity index (χ0n) is 12.0. The second-order valence-electron chi connectivity index (χ2n) is 4.78. The average molecular weight is 266 g/mol. The first-order valence-corrected chi connectivity index (χ1v) is 6.47. The fourth-order valence-corrected chi connectivity index (χ4v) is 1.85. The molecule has 1 aromatic carbocycles. The molecule has 106 valence electrons. The van der Waals surface area contributed by atoms with Gasteiger partial charge in [0.1, 0.15) is 5.75 Å². The van der Waals surface area contributed by atoms with E-state index in [1.807, 2.05) is 32.9 Å². The van der Waals surface area contributed by atoms with Crippen molar-refractivity contribution in [3.05, 3.63) is 28.8 Å². The normalized spacial score (nSPS) is 10.6. The van der Waals surface area contributed by atoms with E-state index in [-0.39, 0.29) is 25.1 Å². The summed E-state index contributed by atoms with van der Waals surface area (Å²) < 4.78 is 10.5. The van der Waals surface area contributed by atoms with E-state index in [0.29, 0.717) is 12.0 Å². The molecule has 0 saturated heterocycles. The molecule has 19 heavy (non-hydrogen) atoms. The summed E-state index contributed by atoms with van der Waals surface area (Å²) in [6.07, 6.45) is 0.456. The van der Waals surface area contributed by atoms with Crippen molar-refractivity contribution < 1.29 is 19.4 Å². The van der Waals surface area contributed by atoms with Crippen molar-refractivity contribution in [2.24, 2.45) is 0 Å². The molecule has 0 aliphatic heterocycles. The maximum Gasteiger partial charge on any atom is 0.338 e. The predicted octanol–water partition coefficient (Wildman–Crippen LogP) is 2.67. The van der Waals surface area contributed by atoms with Crippen molar-refractivity contribution in [2.45, 2.75) is 33.1 Å². The minimum absolute atomic E-state index is 0.0200. The van der Waals surface area contributed by atoms with E-state index in [9.17, 15) is 4.79 Å². The minimum Gasteiger partial charge on any atom is -0.496 e. The highest BCUT2D eigenvalue weighted by atomic mass is 16.5. The topological polar surface area (TPSA) is 55.8 Å². The van der Waals surface area contributed by atoms with Crippen molar-refractivity contribution in [1.82, 2.24) is 0 Å². The second kappa shape index (κ2) is 7.14. The van der Waals surface area contributed by atoms with Crippen molar-refractivity contribution in [1.29, 1.82) is 0 Å². The summed E-state index contributed by atoms with van der Waals surface area (Å²) in [4.78, 5) is 12.0. The zero-order valence-corrected chi connectivity index (χ0v) is 12.0. The van der Waals surface area contributed by atoms with Gasteiger partial charge in [-0.05, 0) is 36.1 Å². The Hall–Kier alpha value is -1.55. The van der Waals surface area contributed by atoms with E-state index in [1.54, 1.807) is 7.11 Å². The molecular weight excluding hydrogens is 244 g/mol. The summed E-state index contributed by atoms with van der Waals surface area (Å²) in [7, 11) is 1.62. The Labute approximate surface area is 114 Å². The van der Waals surface area contributed by atoms with Crippen LogP contribution in [-0.2, 0) is 4.74 Å². The predicted molar refractivity (Wildman–Crippen MR) is 73.8 cm³/mol.